The molecular weight excluding hydrogens is 382 g/mol. The summed E-state index contributed by atoms with van der Waals surface area (Å²) in [6.07, 6.45) is 3.60. The Morgan fingerprint density at radius 1 is 1.11 bits per heavy atom. The highest BCUT2D eigenvalue weighted by Crippen LogP contribution is 2.27. The molecule has 0 saturated carbocycles. The van der Waals surface area contributed by atoms with Crippen molar-refractivity contribution in [1.29, 1.82) is 0 Å². The number of anilines is 2. The largest absolute Gasteiger partial charge is 0.475 e. The normalized spacial score (nSPS) is 12.4. The van der Waals surface area contributed by atoms with E-state index in [9.17, 15) is 4.21 Å². The fraction of sp³-hybridized carbons (Fsp3) is 0.167. The van der Waals surface area contributed by atoms with Crippen molar-refractivity contribution in [2.24, 2.45) is 7.05 Å². The van der Waals surface area contributed by atoms with Gasteiger partial charge in [-0.3, -0.25) is 13.7 Å². The second-order valence-corrected chi connectivity index (χ2v) is 6.56. The van der Waals surface area contributed by atoms with Crippen LogP contribution in [-0.2, 0) is 22.6 Å². The van der Waals surface area contributed by atoms with Crippen molar-refractivity contribution in [3.05, 3.63) is 48.8 Å². The molecule has 144 valence electrons. The maximum atomic E-state index is 10.4. The van der Waals surface area contributed by atoms with E-state index in [2.05, 4.69) is 19.5 Å². The minimum absolute atomic E-state index is 0.0173. The van der Waals surface area contributed by atoms with Crippen LogP contribution in [0.4, 0.5) is 11.6 Å². The molecule has 10 heteroatoms. The number of hydrogen-bond donors (Lipinski definition) is 2. The summed E-state index contributed by atoms with van der Waals surface area (Å²) in [6, 6.07) is 11.1. The predicted molar refractivity (Wildman–Crippen MR) is 106 cm³/mol. The number of nitrogens with zero attached hydrogens (tertiary/aromatic N) is 4. The highest BCUT2D eigenvalue weighted by atomic mass is 32.2. The SMILES string of the molecule is Cn1c2ccncc2c2ccc(Nc3cccc(OCCOS(=O)O)n3)nc21. The summed E-state index contributed by atoms with van der Waals surface area (Å²) in [5.41, 5.74) is 1.91. The molecule has 9 nitrogen and oxygen atoms in total. The molecule has 0 aliphatic rings. The first-order chi connectivity index (χ1) is 13.6. The van der Waals surface area contributed by atoms with Gasteiger partial charge in [0.1, 0.15) is 30.5 Å². The Hall–Kier alpha value is -3.08. The fourth-order valence-electron chi connectivity index (χ4n) is 2.93. The standard InChI is InChI=1S/C18H17N5O4S/c1-23-14-7-8-19-11-13(14)12-5-6-16(22-18(12)23)20-15-3-2-4-17(21-15)26-9-10-27-28(24)25/h2-8,11H,9-10H2,1H3,(H,24,25)(H,20,21,22). The predicted octanol–water partition coefficient (Wildman–Crippen LogP) is 2.79. The number of pyridine rings is 3. The molecule has 0 aliphatic heterocycles. The van der Waals surface area contributed by atoms with Crippen LogP contribution in [0.2, 0.25) is 0 Å². The molecule has 0 aliphatic carbocycles. The highest BCUT2D eigenvalue weighted by Gasteiger charge is 2.10. The summed E-state index contributed by atoms with van der Waals surface area (Å²) in [5, 5.41) is 5.25. The van der Waals surface area contributed by atoms with Crippen LogP contribution in [0.1, 0.15) is 0 Å². The summed E-state index contributed by atoms with van der Waals surface area (Å²) in [7, 11) is 1.97. The molecule has 0 bridgehead atoms. The molecule has 1 atom stereocenters. The van der Waals surface area contributed by atoms with Crippen LogP contribution in [0, 0.1) is 0 Å². The number of ether oxygens (including phenoxy) is 1. The monoisotopic (exact) mass is 399 g/mol. The minimum atomic E-state index is -2.30. The zero-order valence-corrected chi connectivity index (χ0v) is 15.7. The Labute approximate surface area is 162 Å². The van der Waals surface area contributed by atoms with Crippen molar-refractivity contribution in [2.75, 3.05) is 18.5 Å². The van der Waals surface area contributed by atoms with E-state index in [-0.39, 0.29) is 13.2 Å². The zero-order chi connectivity index (χ0) is 19.5. The van der Waals surface area contributed by atoms with Gasteiger partial charge >= 0.3 is 11.4 Å². The molecule has 2 N–H and O–H groups in total. The lowest BCUT2D eigenvalue weighted by Crippen LogP contribution is -2.09. The zero-order valence-electron chi connectivity index (χ0n) is 14.9. The van der Waals surface area contributed by atoms with Crippen molar-refractivity contribution < 1.29 is 17.7 Å². The van der Waals surface area contributed by atoms with Gasteiger partial charge in [-0.05, 0) is 24.3 Å². The van der Waals surface area contributed by atoms with Crippen LogP contribution in [0.5, 0.6) is 5.88 Å². The van der Waals surface area contributed by atoms with Gasteiger partial charge in [-0.1, -0.05) is 6.07 Å². The molecule has 4 aromatic heterocycles. The topological polar surface area (TPSA) is 111 Å². The number of nitrogens with one attached hydrogen (secondary N) is 1. The van der Waals surface area contributed by atoms with Gasteiger partial charge in [0, 0.05) is 36.3 Å². The van der Waals surface area contributed by atoms with Gasteiger partial charge in [-0.2, -0.15) is 9.19 Å². The molecule has 0 amide bonds. The van der Waals surface area contributed by atoms with Crippen molar-refractivity contribution in [3.63, 3.8) is 0 Å². The quantitative estimate of drug-likeness (QED) is 0.360. The Balaban J connectivity index is 1.53. The fourth-order valence-corrected chi connectivity index (χ4v) is 3.14. The second-order valence-electron chi connectivity index (χ2n) is 5.89. The third kappa shape index (κ3) is 3.79. The van der Waals surface area contributed by atoms with Crippen LogP contribution in [0.3, 0.4) is 0 Å². The first-order valence-corrected chi connectivity index (χ1v) is 9.45. The summed E-state index contributed by atoms with van der Waals surface area (Å²) in [4.78, 5) is 13.2. The van der Waals surface area contributed by atoms with Crippen LogP contribution >= 0.6 is 0 Å². The van der Waals surface area contributed by atoms with Gasteiger partial charge in [-0.25, -0.2) is 4.98 Å². The third-order valence-corrected chi connectivity index (χ3v) is 4.51. The molecule has 0 radical (unpaired) electrons. The third-order valence-electron chi connectivity index (χ3n) is 4.14. The van der Waals surface area contributed by atoms with E-state index in [1.165, 1.54) is 0 Å². The van der Waals surface area contributed by atoms with Crippen LogP contribution < -0.4 is 10.1 Å². The summed E-state index contributed by atoms with van der Waals surface area (Å²) >= 11 is -2.30. The Kier molecular flexibility index (Phi) is 5.15. The van der Waals surface area contributed by atoms with Gasteiger partial charge < -0.3 is 14.6 Å². The number of aromatic nitrogens is 4. The van der Waals surface area contributed by atoms with E-state index in [1.807, 2.05) is 36.0 Å². The van der Waals surface area contributed by atoms with Crippen LogP contribution in [-0.4, -0.2) is 41.5 Å². The van der Waals surface area contributed by atoms with E-state index < -0.39 is 11.4 Å². The number of rotatable bonds is 7. The second kappa shape index (κ2) is 7.89. The van der Waals surface area contributed by atoms with Gasteiger partial charge in [0.25, 0.3) is 0 Å². The van der Waals surface area contributed by atoms with Crippen molar-refractivity contribution >= 4 is 44.9 Å². The highest BCUT2D eigenvalue weighted by molar-refractivity contribution is 7.74. The van der Waals surface area contributed by atoms with Gasteiger partial charge in [0.15, 0.2) is 0 Å². The van der Waals surface area contributed by atoms with Crippen molar-refractivity contribution in [2.45, 2.75) is 0 Å². The lowest BCUT2D eigenvalue weighted by Gasteiger charge is -2.08. The van der Waals surface area contributed by atoms with Gasteiger partial charge in [0.2, 0.25) is 5.88 Å². The number of hydrogen-bond acceptors (Lipinski definition) is 7. The average molecular weight is 399 g/mol. The van der Waals surface area contributed by atoms with Crippen LogP contribution in [0.15, 0.2) is 48.8 Å². The maximum Gasteiger partial charge on any atom is 0.302 e. The molecule has 4 rings (SSSR count). The summed E-state index contributed by atoms with van der Waals surface area (Å²) in [6.45, 7) is 0.0908. The van der Waals surface area contributed by atoms with E-state index in [1.54, 1.807) is 24.4 Å². The summed E-state index contributed by atoms with van der Waals surface area (Å²) in [5.74, 6) is 1.58. The Bertz CT molecular complexity index is 1160. The molecule has 0 spiro atoms. The molecule has 28 heavy (non-hydrogen) atoms. The van der Waals surface area contributed by atoms with Crippen molar-refractivity contribution in [3.8, 4) is 5.88 Å². The number of fused-ring (bicyclic) bond motifs is 3. The molecule has 0 saturated heterocycles. The van der Waals surface area contributed by atoms with Gasteiger partial charge in [-0.15, -0.1) is 0 Å². The lowest BCUT2D eigenvalue weighted by molar-refractivity contribution is 0.212. The first kappa shape index (κ1) is 18.3. The van der Waals surface area contributed by atoms with Gasteiger partial charge in [0.05, 0.1) is 5.52 Å². The lowest BCUT2D eigenvalue weighted by atomic mass is 10.2. The first-order valence-electron chi connectivity index (χ1n) is 8.42. The van der Waals surface area contributed by atoms with E-state index in [0.29, 0.717) is 17.5 Å². The Morgan fingerprint density at radius 2 is 1.96 bits per heavy atom. The smallest absolute Gasteiger partial charge is 0.302 e. The van der Waals surface area contributed by atoms with E-state index >= 15 is 0 Å². The van der Waals surface area contributed by atoms with Crippen molar-refractivity contribution in [1.82, 2.24) is 19.5 Å². The molecule has 0 fully saturated rings. The molecule has 0 aromatic carbocycles. The number of aryl methyl sites for hydroxylation is 1. The van der Waals surface area contributed by atoms with E-state index in [0.717, 1.165) is 21.9 Å². The summed E-state index contributed by atoms with van der Waals surface area (Å²) < 4.78 is 30.9. The molecule has 4 heterocycles. The Morgan fingerprint density at radius 3 is 2.82 bits per heavy atom. The molecular formula is C18H17N5O4S. The molecule has 4 aromatic rings. The van der Waals surface area contributed by atoms with E-state index in [4.69, 9.17) is 14.3 Å². The average Bonchev–Trinajstić information content (AvgIpc) is 2.98. The minimum Gasteiger partial charge on any atom is -0.475 e. The maximum absolute atomic E-state index is 10.4. The van der Waals surface area contributed by atoms with Crippen LogP contribution in [0.25, 0.3) is 21.9 Å². The molecule has 1 unspecified atom stereocenters.